The van der Waals surface area contributed by atoms with E-state index in [2.05, 4.69) is 73.2 Å². The Morgan fingerprint density at radius 1 is 1.16 bits per heavy atom. The van der Waals surface area contributed by atoms with E-state index >= 15 is 0 Å². The number of hydrogen-bond acceptors (Lipinski definition) is 7. The van der Waals surface area contributed by atoms with Gasteiger partial charge in [-0.1, -0.05) is 60.8 Å². The van der Waals surface area contributed by atoms with Crippen LogP contribution in [0.1, 0.15) is 43.4 Å². The van der Waals surface area contributed by atoms with E-state index in [1.807, 2.05) is 12.1 Å². The summed E-state index contributed by atoms with van der Waals surface area (Å²) in [4.78, 5) is 0.397. The molecule has 1 saturated heterocycles. The lowest BCUT2D eigenvalue weighted by Crippen LogP contribution is -2.35. The highest BCUT2D eigenvalue weighted by atomic mass is 32.2. The molecule has 4 N–H and O–H groups in total. The molecular weight excluding hydrogens is 535 g/mol. The van der Waals surface area contributed by atoms with Crippen molar-refractivity contribution in [2.24, 2.45) is 5.73 Å². The molecule has 0 bridgehead atoms. The molecule has 5 rings (SSSR count). The van der Waals surface area contributed by atoms with Crippen molar-refractivity contribution in [2.45, 2.75) is 38.8 Å². The van der Waals surface area contributed by atoms with Crippen LogP contribution in [0, 0.1) is 0 Å². The van der Waals surface area contributed by atoms with Crippen LogP contribution in [0.2, 0.25) is 0 Å². The van der Waals surface area contributed by atoms with Gasteiger partial charge in [0.15, 0.2) is 0 Å². The Kier molecular flexibility index (Phi) is 8.37. The van der Waals surface area contributed by atoms with Gasteiger partial charge in [0.05, 0.1) is 11.0 Å². The van der Waals surface area contributed by atoms with Gasteiger partial charge in [0, 0.05) is 66.7 Å². The van der Waals surface area contributed by atoms with Crippen molar-refractivity contribution in [1.82, 2.24) is 19.1 Å². The zero-order valence-electron chi connectivity index (χ0n) is 21.6. The summed E-state index contributed by atoms with van der Waals surface area (Å²) in [5.74, 6) is 0. The van der Waals surface area contributed by atoms with Gasteiger partial charge in [-0.3, -0.25) is 0 Å². The Balaban J connectivity index is 1.46. The molecule has 3 heterocycles. The largest absolute Gasteiger partial charge is 0.389 e. The van der Waals surface area contributed by atoms with Gasteiger partial charge < -0.3 is 20.9 Å². The number of nitrogens with zero attached hydrogens (tertiary/aromatic N) is 4. The van der Waals surface area contributed by atoms with E-state index in [-0.39, 0.29) is 0 Å². The van der Waals surface area contributed by atoms with Crippen LogP contribution in [0.4, 0.5) is 10.3 Å². The van der Waals surface area contributed by atoms with Crippen LogP contribution in [-0.4, -0.2) is 54.2 Å². The van der Waals surface area contributed by atoms with Crippen LogP contribution in [0.3, 0.4) is 0 Å². The lowest BCUT2D eigenvalue weighted by Gasteiger charge is -2.31. The van der Waals surface area contributed by atoms with Gasteiger partial charge >= 0.3 is 0 Å². The molecule has 38 heavy (non-hydrogen) atoms. The van der Waals surface area contributed by atoms with Crippen molar-refractivity contribution >= 4 is 60.7 Å². The van der Waals surface area contributed by atoms with E-state index < -0.39 is 11.0 Å². The summed E-state index contributed by atoms with van der Waals surface area (Å²) in [5, 5.41) is 18.0. The zero-order valence-corrected chi connectivity index (χ0v) is 24.1. The van der Waals surface area contributed by atoms with Crippen LogP contribution >= 0.6 is 23.6 Å². The maximum Gasteiger partial charge on any atom is 0.207 e. The summed E-state index contributed by atoms with van der Waals surface area (Å²) in [7, 11) is -0.930. The van der Waals surface area contributed by atoms with Gasteiger partial charge in [0.25, 0.3) is 0 Å². The molecule has 1 aliphatic heterocycles. The van der Waals surface area contributed by atoms with E-state index in [1.165, 1.54) is 27.8 Å². The minimum absolute atomic E-state index is 0.336. The Labute approximate surface area is 235 Å². The topological polar surface area (TPSA) is 101 Å². The number of thiocarbonyl (C=S) groups is 1. The molecule has 11 heteroatoms. The molecule has 8 nitrogen and oxygen atoms in total. The molecule has 0 amide bonds. The fourth-order valence-corrected chi connectivity index (χ4v) is 6.45. The average Bonchev–Trinajstić information content (AvgIpc) is 3.55. The highest BCUT2D eigenvalue weighted by Crippen LogP contribution is 2.36. The fraction of sp³-hybridized carbons (Fsp3) is 0.370. The maximum atomic E-state index is 12.0. The summed E-state index contributed by atoms with van der Waals surface area (Å²) in [6.45, 7) is 5.32. The molecule has 1 fully saturated rings. The monoisotopic (exact) mass is 567 g/mol. The third kappa shape index (κ3) is 5.90. The number of nitrogens with two attached hydrogens (primary N) is 1. The summed E-state index contributed by atoms with van der Waals surface area (Å²) in [6, 6.07) is 15.1. The fourth-order valence-electron chi connectivity index (χ4n) is 4.93. The predicted octanol–water partition coefficient (Wildman–Crippen LogP) is 5.16. The van der Waals surface area contributed by atoms with Crippen LogP contribution in [0.25, 0.3) is 22.0 Å². The van der Waals surface area contributed by atoms with E-state index in [9.17, 15) is 4.21 Å². The second kappa shape index (κ2) is 11.9. The summed E-state index contributed by atoms with van der Waals surface area (Å²) >= 11 is 6.77. The minimum atomic E-state index is -0.930. The van der Waals surface area contributed by atoms with Crippen molar-refractivity contribution in [3.63, 3.8) is 0 Å². The van der Waals surface area contributed by atoms with Gasteiger partial charge in [0.1, 0.15) is 4.99 Å². The zero-order chi connectivity index (χ0) is 26.6. The number of piperidine rings is 1. The molecule has 4 aromatic rings. The lowest BCUT2D eigenvalue weighted by molar-refractivity contribution is 0.288. The van der Waals surface area contributed by atoms with Crippen molar-refractivity contribution in [1.29, 1.82) is 0 Å². The Morgan fingerprint density at radius 3 is 2.63 bits per heavy atom. The molecule has 0 aliphatic carbocycles. The van der Waals surface area contributed by atoms with Gasteiger partial charge in [-0.15, -0.1) is 10.2 Å². The Hall–Kier alpha value is -2.86. The Bertz CT molecular complexity index is 1460. The molecule has 2 aromatic carbocycles. The third-order valence-corrected chi connectivity index (χ3v) is 9.10. The number of anilines is 2. The first-order chi connectivity index (χ1) is 18.4. The first-order valence-corrected chi connectivity index (χ1v) is 15.6. The molecule has 0 saturated carbocycles. The Morgan fingerprint density at radius 2 is 1.92 bits per heavy atom. The second-order valence-corrected chi connectivity index (χ2v) is 12.3. The molecule has 1 atom stereocenters. The van der Waals surface area contributed by atoms with Crippen LogP contribution < -0.4 is 16.4 Å². The first kappa shape index (κ1) is 26.7. The standard InChI is InChI=1S/C27H33N7OS3/c1-3-11-29-26-31-32-27(37-26)30-16-18-7-8-22-23(19-5-4-6-20(15-19)25(28)36)17-34(24(22)14-18)21-9-12-33(13-10-21)38(2)35/h4-8,14-15,17,21H,3,9-13,16H2,1-2H3,(H2,28,36)(H,29,31)(H,30,32). The van der Waals surface area contributed by atoms with E-state index in [0.717, 1.165) is 65.9 Å². The SMILES string of the molecule is CCCNc1nnc(NCc2ccc3c(-c4cccc(C(N)=S)c4)cn(C4CCN(S(C)=O)CC4)c3c2)s1. The molecule has 0 spiro atoms. The van der Waals surface area contributed by atoms with Crippen molar-refractivity contribution in [3.05, 3.63) is 59.8 Å². The number of fused-ring (bicyclic) bond motifs is 1. The normalized spacial score (nSPS) is 15.5. The number of hydrogen-bond donors (Lipinski definition) is 3. The van der Waals surface area contributed by atoms with Crippen molar-refractivity contribution < 1.29 is 4.21 Å². The summed E-state index contributed by atoms with van der Waals surface area (Å²) in [6.07, 6.45) is 6.98. The maximum absolute atomic E-state index is 12.0. The smallest absolute Gasteiger partial charge is 0.207 e. The summed E-state index contributed by atoms with van der Waals surface area (Å²) in [5.41, 5.74) is 11.4. The molecule has 1 aliphatic rings. The second-order valence-electron chi connectivity index (χ2n) is 9.52. The number of benzene rings is 2. The number of nitrogens with one attached hydrogen (secondary N) is 2. The van der Waals surface area contributed by atoms with E-state index in [1.54, 1.807) is 6.26 Å². The first-order valence-electron chi connectivity index (χ1n) is 12.9. The van der Waals surface area contributed by atoms with Crippen LogP contribution in [0.5, 0.6) is 0 Å². The van der Waals surface area contributed by atoms with Crippen LogP contribution in [-0.2, 0) is 17.5 Å². The number of rotatable bonds is 10. The molecule has 0 radical (unpaired) electrons. The molecule has 1 unspecified atom stereocenters. The van der Waals surface area contributed by atoms with Crippen LogP contribution in [0.15, 0.2) is 48.7 Å². The highest BCUT2D eigenvalue weighted by Gasteiger charge is 2.24. The van der Waals surface area contributed by atoms with Gasteiger partial charge in [-0.05, 0) is 42.5 Å². The summed E-state index contributed by atoms with van der Waals surface area (Å²) < 4.78 is 16.5. The number of aromatic nitrogens is 3. The quantitative estimate of drug-likeness (QED) is 0.228. The molecular formula is C27H33N7OS3. The van der Waals surface area contributed by atoms with Crippen molar-refractivity contribution in [3.8, 4) is 11.1 Å². The van der Waals surface area contributed by atoms with Gasteiger partial charge in [-0.25, -0.2) is 8.51 Å². The third-order valence-electron chi connectivity index (χ3n) is 6.93. The van der Waals surface area contributed by atoms with Crippen molar-refractivity contribution in [2.75, 3.05) is 36.5 Å². The van der Waals surface area contributed by atoms with Gasteiger partial charge in [-0.2, -0.15) is 0 Å². The molecule has 2 aromatic heterocycles. The van der Waals surface area contributed by atoms with Gasteiger partial charge in [0.2, 0.25) is 10.3 Å². The predicted molar refractivity (Wildman–Crippen MR) is 163 cm³/mol. The average molecular weight is 568 g/mol. The highest BCUT2D eigenvalue weighted by molar-refractivity contribution is 7.81. The van der Waals surface area contributed by atoms with E-state index in [0.29, 0.717) is 17.6 Å². The lowest BCUT2D eigenvalue weighted by atomic mass is 10.0. The molecule has 200 valence electrons. The van der Waals surface area contributed by atoms with E-state index in [4.69, 9.17) is 18.0 Å². The minimum Gasteiger partial charge on any atom is -0.389 e.